The van der Waals surface area contributed by atoms with Crippen LogP contribution in [0.5, 0.6) is 0 Å². The van der Waals surface area contributed by atoms with Crippen LogP contribution in [0, 0.1) is 12.7 Å². The summed E-state index contributed by atoms with van der Waals surface area (Å²) in [5, 5.41) is 7.37. The van der Waals surface area contributed by atoms with Gasteiger partial charge in [-0.05, 0) is 31.0 Å². The molecule has 1 fully saturated rings. The second-order valence-corrected chi connectivity index (χ2v) is 6.59. The van der Waals surface area contributed by atoms with Crippen molar-refractivity contribution in [3.63, 3.8) is 0 Å². The van der Waals surface area contributed by atoms with E-state index in [1.807, 2.05) is 25.1 Å². The molecule has 1 aliphatic rings. The predicted octanol–water partition coefficient (Wildman–Crippen LogP) is 1.68. The molecule has 144 valence electrons. The minimum absolute atomic E-state index is 0.0116. The molecule has 0 bridgehead atoms. The number of carbonyl (C=O) groups is 1. The third-order valence-corrected chi connectivity index (χ3v) is 4.49. The first-order chi connectivity index (χ1) is 13.0. The highest BCUT2D eigenvalue weighted by Gasteiger charge is 2.27. The van der Waals surface area contributed by atoms with Crippen molar-refractivity contribution in [1.82, 2.24) is 20.0 Å². The summed E-state index contributed by atoms with van der Waals surface area (Å²) in [5.74, 6) is 0.489. The van der Waals surface area contributed by atoms with E-state index < -0.39 is 0 Å². The largest absolute Gasteiger partial charge is 0.356 e. The SMILES string of the molecule is CCNC(=NCc1ccc(F)c(C)c1)N1CCN(c2cnn(C)c2)C(=O)C1. The van der Waals surface area contributed by atoms with E-state index in [2.05, 4.69) is 15.4 Å². The number of anilines is 1. The smallest absolute Gasteiger partial charge is 0.246 e. The van der Waals surface area contributed by atoms with Gasteiger partial charge in [-0.25, -0.2) is 9.38 Å². The number of benzene rings is 1. The van der Waals surface area contributed by atoms with Crippen molar-refractivity contribution < 1.29 is 9.18 Å². The summed E-state index contributed by atoms with van der Waals surface area (Å²) in [5.41, 5.74) is 2.35. The molecule has 1 N–H and O–H groups in total. The average molecular weight is 372 g/mol. The second-order valence-electron chi connectivity index (χ2n) is 6.59. The molecule has 0 spiro atoms. The Bertz CT molecular complexity index is 846. The van der Waals surface area contributed by atoms with Crippen molar-refractivity contribution in [1.29, 1.82) is 0 Å². The summed E-state index contributed by atoms with van der Waals surface area (Å²) in [4.78, 5) is 20.9. The molecule has 0 unspecified atom stereocenters. The van der Waals surface area contributed by atoms with Gasteiger partial charge in [0.2, 0.25) is 5.91 Å². The lowest BCUT2D eigenvalue weighted by Gasteiger charge is -2.35. The lowest BCUT2D eigenvalue weighted by atomic mass is 10.1. The van der Waals surface area contributed by atoms with Gasteiger partial charge in [-0.15, -0.1) is 0 Å². The molecular weight excluding hydrogens is 347 g/mol. The molecule has 0 atom stereocenters. The standard InChI is InChI=1S/C19H25FN6O/c1-4-21-19(22-10-15-5-6-17(20)14(2)9-15)25-7-8-26(18(27)13-25)16-11-23-24(3)12-16/h5-6,9,11-12H,4,7-8,10,13H2,1-3H3,(H,21,22). The van der Waals surface area contributed by atoms with E-state index in [1.165, 1.54) is 6.07 Å². The zero-order chi connectivity index (χ0) is 19.4. The van der Waals surface area contributed by atoms with E-state index in [1.54, 1.807) is 34.8 Å². The van der Waals surface area contributed by atoms with Gasteiger partial charge in [0.1, 0.15) is 12.4 Å². The number of amides is 1. The summed E-state index contributed by atoms with van der Waals surface area (Å²) in [6.07, 6.45) is 3.54. The number of halogens is 1. The Morgan fingerprint density at radius 2 is 2.19 bits per heavy atom. The maximum Gasteiger partial charge on any atom is 0.246 e. The quantitative estimate of drug-likeness (QED) is 0.655. The highest BCUT2D eigenvalue weighted by atomic mass is 19.1. The van der Waals surface area contributed by atoms with Gasteiger partial charge in [0.15, 0.2) is 5.96 Å². The molecule has 8 heteroatoms. The number of aryl methyl sites for hydroxylation is 2. The molecule has 0 saturated carbocycles. The second kappa shape index (κ2) is 8.20. The van der Waals surface area contributed by atoms with Crippen molar-refractivity contribution in [2.75, 3.05) is 31.1 Å². The highest BCUT2D eigenvalue weighted by Crippen LogP contribution is 2.16. The Kier molecular flexibility index (Phi) is 5.73. The molecule has 7 nitrogen and oxygen atoms in total. The zero-order valence-corrected chi connectivity index (χ0v) is 15.9. The van der Waals surface area contributed by atoms with Crippen LogP contribution in [0.4, 0.5) is 10.1 Å². The number of hydrogen-bond acceptors (Lipinski definition) is 3. The summed E-state index contributed by atoms with van der Waals surface area (Å²) in [6.45, 7) is 6.37. The Morgan fingerprint density at radius 1 is 1.37 bits per heavy atom. The molecule has 1 amide bonds. The van der Waals surface area contributed by atoms with Crippen LogP contribution in [0.1, 0.15) is 18.1 Å². The summed E-state index contributed by atoms with van der Waals surface area (Å²) >= 11 is 0. The molecule has 1 aromatic heterocycles. The van der Waals surface area contributed by atoms with Crippen LogP contribution >= 0.6 is 0 Å². The van der Waals surface area contributed by atoms with Gasteiger partial charge in [0.05, 0.1) is 18.4 Å². The first-order valence-electron chi connectivity index (χ1n) is 9.05. The van der Waals surface area contributed by atoms with Crippen molar-refractivity contribution in [3.8, 4) is 0 Å². The fourth-order valence-electron chi connectivity index (χ4n) is 3.07. The van der Waals surface area contributed by atoms with E-state index in [9.17, 15) is 9.18 Å². The number of aliphatic imine (C=N–C) groups is 1. The van der Waals surface area contributed by atoms with Crippen LogP contribution in [-0.4, -0.2) is 52.7 Å². The Hall–Kier alpha value is -2.90. The molecule has 1 saturated heterocycles. The zero-order valence-electron chi connectivity index (χ0n) is 15.9. The Balaban J connectivity index is 1.69. The molecule has 0 radical (unpaired) electrons. The number of guanidine groups is 1. The van der Waals surface area contributed by atoms with Crippen LogP contribution < -0.4 is 10.2 Å². The van der Waals surface area contributed by atoms with Gasteiger partial charge in [-0.1, -0.05) is 12.1 Å². The topological polar surface area (TPSA) is 65.8 Å². The van der Waals surface area contributed by atoms with Gasteiger partial charge in [0, 0.05) is 32.9 Å². The van der Waals surface area contributed by atoms with E-state index in [4.69, 9.17) is 0 Å². The number of aromatic nitrogens is 2. The molecule has 27 heavy (non-hydrogen) atoms. The summed E-state index contributed by atoms with van der Waals surface area (Å²) < 4.78 is 15.1. The Morgan fingerprint density at radius 3 is 2.81 bits per heavy atom. The molecular formula is C19H25FN6O. The molecule has 1 aliphatic heterocycles. The van der Waals surface area contributed by atoms with E-state index in [0.717, 1.165) is 11.3 Å². The fourth-order valence-corrected chi connectivity index (χ4v) is 3.07. The number of nitrogens with one attached hydrogen (secondary N) is 1. The van der Waals surface area contributed by atoms with Gasteiger partial charge in [0.25, 0.3) is 0 Å². The number of carbonyl (C=O) groups excluding carboxylic acids is 1. The van der Waals surface area contributed by atoms with Crippen molar-refractivity contribution >= 4 is 17.6 Å². The lowest BCUT2D eigenvalue weighted by molar-refractivity contribution is -0.120. The molecule has 2 heterocycles. The maximum atomic E-state index is 13.4. The van der Waals surface area contributed by atoms with Crippen LogP contribution in [0.3, 0.4) is 0 Å². The minimum Gasteiger partial charge on any atom is -0.356 e. The van der Waals surface area contributed by atoms with Crippen LogP contribution in [0.25, 0.3) is 0 Å². The maximum absolute atomic E-state index is 13.4. The van der Waals surface area contributed by atoms with Crippen molar-refractivity contribution in [3.05, 3.63) is 47.5 Å². The lowest BCUT2D eigenvalue weighted by Crippen LogP contribution is -2.55. The third kappa shape index (κ3) is 4.45. The molecule has 3 rings (SSSR count). The monoisotopic (exact) mass is 372 g/mol. The van der Waals surface area contributed by atoms with Crippen molar-refractivity contribution in [2.45, 2.75) is 20.4 Å². The van der Waals surface area contributed by atoms with Gasteiger partial charge >= 0.3 is 0 Å². The van der Waals surface area contributed by atoms with Crippen LogP contribution in [-0.2, 0) is 18.4 Å². The molecule has 1 aromatic carbocycles. The predicted molar refractivity (Wildman–Crippen MR) is 103 cm³/mol. The van der Waals surface area contributed by atoms with Crippen molar-refractivity contribution in [2.24, 2.45) is 12.0 Å². The van der Waals surface area contributed by atoms with E-state index in [0.29, 0.717) is 37.7 Å². The van der Waals surface area contributed by atoms with E-state index in [-0.39, 0.29) is 18.3 Å². The number of nitrogens with zero attached hydrogens (tertiary/aromatic N) is 5. The Labute approximate surface area is 158 Å². The normalized spacial score (nSPS) is 15.4. The van der Waals surface area contributed by atoms with Gasteiger partial charge in [-0.3, -0.25) is 9.48 Å². The fraction of sp³-hybridized carbons (Fsp3) is 0.421. The highest BCUT2D eigenvalue weighted by molar-refractivity contribution is 5.98. The number of hydrogen-bond donors (Lipinski definition) is 1. The summed E-state index contributed by atoms with van der Waals surface area (Å²) in [6, 6.07) is 5.00. The number of piperazine rings is 1. The summed E-state index contributed by atoms with van der Waals surface area (Å²) in [7, 11) is 1.83. The first kappa shape index (κ1) is 18.9. The number of rotatable bonds is 4. The van der Waals surface area contributed by atoms with Crippen LogP contribution in [0.2, 0.25) is 0 Å². The van der Waals surface area contributed by atoms with Crippen LogP contribution in [0.15, 0.2) is 35.6 Å². The average Bonchev–Trinajstić information content (AvgIpc) is 3.07. The molecule has 0 aliphatic carbocycles. The van der Waals surface area contributed by atoms with E-state index >= 15 is 0 Å². The van der Waals surface area contributed by atoms with Gasteiger partial charge < -0.3 is 15.1 Å². The molecule has 2 aromatic rings. The minimum atomic E-state index is -0.216. The third-order valence-electron chi connectivity index (χ3n) is 4.49. The van der Waals surface area contributed by atoms with Gasteiger partial charge in [-0.2, -0.15) is 5.10 Å². The first-order valence-corrected chi connectivity index (χ1v) is 9.05.